The van der Waals surface area contributed by atoms with Crippen LogP contribution >= 0.6 is 0 Å². The lowest BCUT2D eigenvalue weighted by molar-refractivity contribution is -0.177. The first-order chi connectivity index (χ1) is 8.76. The summed E-state index contributed by atoms with van der Waals surface area (Å²) in [6.45, 7) is 1.42. The summed E-state index contributed by atoms with van der Waals surface area (Å²) in [7, 11) is 0. The Labute approximate surface area is 106 Å². The molecule has 0 amide bonds. The van der Waals surface area contributed by atoms with Gasteiger partial charge in [-0.3, -0.25) is 0 Å². The Kier molecular flexibility index (Phi) is 3.22. The van der Waals surface area contributed by atoms with E-state index in [1.165, 1.54) is 12.1 Å². The number of rotatable bonds is 2. The van der Waals surface area contributed by atoms with Crippen molar-refractivity contribution in [2.45, 2.75) is 37.5 Å². The summed E-state index contributed by atoms with van der Waals surface area (Å²) in [4.78, 5) is 0. The maximum absolute atomic E-state index is 13.1. The molecule has 1 aliphatic carbocycles. The van der Waals surface area contributed by atoms with Crippen LogP contribution in [0.3, 0.4) is 0 Å². The summed E-state index contributed by atoms with van der Waals surface area (Å²) < 4.78 is 24.5. The van der Waals surface area contributed by atoms with E-state index in [9.17, 15) is 4.39 Å². The fourth-order valence-corrected chi connectivity index (χ4v) is 2.80. The standard InChI is InChI=1S/C14H18FNO2/c15-11-2-1-3-13(10-11)16-12-4-6-14(7-5-12)17-8-9-18-14/h1-3,10,12,16H,4-9H2. The van der Waals surface area contributed by atoms with Gasteiger partial charge in [-0.25, -0.2) is 4.39 Å². The highest BCUT2D eigenvalue weighted by molar-refractivity contribution is 5.44. The second kappa shape index (κ2) is 4.86. The molecular formula is C14H18FNO2. The number of hydrogen-bond donors (Lipinski definition) is 1. The van der Waals surface area contributed by atoms with E-state index in [4.69, 9.17) is 9.47 Å². The van der Waals surface area contributed by atoms with E-state index < -0.39 is 0 Å². The Morgan fingerprint density at radius 2 is 1.89 bits per heavy atom. The average Bonchev–Trinajstić information content (AvgIpc) is 2.81. The first kappa shape index (κ1) is 11.9. The Morgan fingerprint density at radius 3 is 2.56 bits per heavy atom. The highest BCUT2D eigenvalue weighted by Crippen LogP contribution is 2.36. The van der Waals surface area contributed by atoms with Gasteiger partial charge >= 0.3 is 0 Å². The van der Waals surface area contributed by atoms with E-state index in [0.717, 1.165) is 31.4 Å². The maximum Gasteiger partial charge on any atom is 0.168 e. The molecule has 1 heterocycles. The maximum atomic E-state index is 13.1. The predicted molar refractivity (Wildman–Crippen MR) is 66.9 cm³/mol. The third kappa shape index (κ3) is 2.49. The normalized spacial score (nSPS) is 23.4. The van der Waals surface area contributed by atoms with Gasteiger partial charge in [0.1, 0.15) is 5.82 Å². The van der Waals surface area contributed by atoms with Crippen molar-refractivity contribution in [3.8, 4) is 0 Å². The van der Waals surface area contributed by atoms with Gasteiger partial charge in [0.2, 0.25) is 0 Å². The molecule has 1 aromatic carbocycles. The molecule has 98 valence electrons. The molecule has 1 aliphatic heterocycles. The van der Waals surface area contributed by atoms with Crippen LogP contribution < -0.4 is 5.32 Å². The summed E-state index contributed by atoms with van der Waals surface area (Å²) >= 11 is 0. The van der Waals surface area contributed by atoms with Crippen LogP contribution in [-0.4, -0.2) is 25.0 Å². The SMILES string of the molecule is Fc1cccc(NC2CCC3(CC2)OCCO3)c1. The summed E-state index contributed by atoms with van der Waals surface area (Å²) in [5, 5.41) is 3.38. The van der Waals surface area contributed by atoms with Crippen molar-refractivity contribution >= 4 is 5.69 Å². The lowest BCUT2D eigenvalue weighted by Crippen LogP contribution is -2.39. The first-order valence-corrected chi connectivity index (χ1v) is 6.56. The zero-order chi connectivity index (χ0) is 12.4. The van der Waals surface area contributed by atoms with Crippen LogP contribution in [0.2, 0.25) is 0 Å². The van der Waals surface area contributed by atoms with Crippen molar-refractivity contribution in [1.82, 2.24) is 0 Å². The molecule has 2 aliphatic rings. The minimum atomic E-state index is -0.319. The number of anilines is 1. The molecule has 3 rings (SSSR count). The van der Waals surface area contributed by atoms with E-state index in [0.29, 0.717) is 19.3 Å². The molecule has 1 aromatic rings. The lowest BCUT2D eigenvalue weighted by Gasteiger charge is -2.36. The molecule has 0 radical (unpaired) electrons. The van der Waals surface area contributed by atoms with Crippen molar-refractivity contribution in [2.75, 3.05) is 18.5 Å². The van der Waals surface area contributed by atoms with Crippen LogP contribution in [0.25, 0.3) is 0 Å². The van der Waals surface area contributed by atoms with Gasteiger partial charge in [-0.1, -0.05) is 6.07 Å². The fraction of sp³-hybridized carbons (Fsp3) is 0.571. The molecule has 4 heteroatoms. The van der Waals surface area contributed by atoms with Crippen LogP contribution in [0, 0.1) is 5.82 Å². The summed E-state index contributed by atoms with van der Waals surface area (Å²) in [6.07, 6.45) is 3.83. The third-order valence-electron chi connectivity index (χ3n) is 3.76. The average molecular weight is 251 g/mol. The van der Waals surface area contributed by atoms with Gasteiger partial charge in [0.05, 0.1) is 13.2 Å². The summed E-state index contributed by atoms with van der Waals surface area (Å²) in [5.41, 5.74) is 0.851. The van der Waals surface area contributed by atoms with Gasteiger partial charge in [-0.2, -0.15) is 0 Å². The molecule has 1 saturated heterocycles. The summed E-state index contributed by atoms with van der Waals surface area (Å²) in [6, 6.07) is 7.00. The quantitative estimate of drug-likeness (QED) is 0.876. The van der Waals surface area contributed by atoms with Crippen LogP contribution in [0.5, 0.6) is 0 Å². The number of halogens is 1. The van der Waals surface area contributed by atoms with Gasteiger partial charge in [0, 0.05) is 24.6 Å². The molecule has 3 nitrogen and oxygen atoms in total. The monoisotopic (exact) mass is 251 g/mol. The van der Waals surface area contributed by atoms with E-state index in [2.05, 4.69) is 5.32 Å². The minimum Gasteiger partial charge on any atom is -0.382 e. The lowest BCUT2D eigenvalue weighted by atomic mass is 9.90. The zero-order valence-electron chi connectivity index (χ0n) is 10.3. The Morgan fingerprint density at radius 1 is 1.17 bits per heavy atom. The predicted octanol–water partition coefficient (Wildman–Crippen LogP) is 2.92. The van der Waals surface area contributed by atoms with Gasteiger partial charge in [0.15, 0.2) is 5.79 Å². The number of benzene rings is 1. The van der Waals surface area contributed by atoms with Crippen molar-refractivity contribution in [3.63, 3.8) is 0 Å². The molecule has 2 fully saturated rings. The number of hydrogen-bond acceptors (Lipinski definition) is 3. The number of ether oxygens (including phenoxy) is 2. The van der Waals surface area contributed by atoms with E-state index >= 15 is 0 Å². The van der Waals surface area contributed by atoms with E-state index in [1.807, 2.05) is 6.07 Å². The zero-order valence-corrected chi connectivity index (χ0v) is 10.3. The van der Waals surface area contributed by atoms with Gasteiger partial charge in [-0.05, 0) is 31.0 Å². The van der Waals surface area contributed by atoms with Crippen molar-refractivity contribution < 1.29 is 13.9 Å². The highest BCUT2D eigenvalue weighted by Gasteiger charge is 2.40. The summed E-state index contributed by atoms with van der Waals surface area (Å²) in [5.74, 6) is -0.519. The van der Waals surface area contributed by atoms with E-state index in [1.54, 1.807) is 6.07 Å². The highest BCUT2D eigenvalue weighted by atomic mass is 19.1. The van der Waals surface area contributed by atoms with Gasteiger partial charge in [0.25, 0.3) is 0 Å². The number of nitrogens with one attached hydrogen (secondary N) is 1. The molecule has 0 aromatic heterocycles. The second-order valence-corrected chi connectivity index (χ2v) is 5.04. The topological polar surface area (TPSA) is 30.5 Å². The Balaban J connectivity index is 1.57. The van der Waals surface area contributed by atoms with Crippen LogP contribution in [0.4, 0.5) is 10.1 Å². The Bertz CT molecular complexity index is 408. The molecule has 0 atom stereocenters. The smallest absolute Gasteiger partial charge is 0.168 e. The molecule has 1 saturated carbocycles. The minimum absolute atomic E-state index is 0.199. The van der Waals surface area contributed by atoms with Crippen LogP contribution in [0.15, 0.2) is 24.3 Å². The first-order valence-electron chi connectivity index (χ1n) is 6.56. The molecule has 1 N–H and O–H groups in total. The molecule has 1 spiro atoms. The second-order valence-electron chi connectivity index (χ2n) is 5.04. The Hall–Kier alpha value is -1.13. The van der Waals surface area contributed by atoms with Crippen molar-refractivity contribution in [3.05, 3.63) is 30.1 Å². The molecular weight excluding hydrogens is 233 g/mol. The molecule has 18 heavy (non-hydrogen) atoms. The third-order valence-corrected chi connectivity index (χ3v) is 3.76. The van der Waals surface area contributed by atoms with Gasteiger partial charge < -0.3 is 14.8 Å². The van der Waals surface area contributed by atoms with Crippen LogP contribution in [0.1, 0.15) is 25.7 Å². The largest absolute Gasteiger partial charge is 0.382 e. The van der Waals surface area contributed by atoms with Crippen molar-refractivity contribution in [2.24, 2.45) is 0 Å². The van der Waals surface area contributed by atoms with Crippen molar-refractivity contribution in [1.29, 1.82) is 0 Å². The fourth-order valence-electron chi connectivity index (χ4n) is 2.80. The molecule has 0 bridgehead atoms. The van der Waals surface area contributed by atoms with E-state index in [-0.39, 0.29) is 11.6 Å². The van der Waals surface area contributed by atoms with Gasteiger partial charge in [-0.15, -0.1) is 0 Å². The van der Waals surface area contributed by atoms with Crippen LogP contribution in [-0.2, 0) is 9.47 Å². The molecule has 0 unspecified atom stereocenters.